The van der Waals surface area contributed by atoms with Crippen molar-refractivity contribution in [1.29, 1.82) is 0 Å². The summed E-state index contributed by atoms with van der Waals surface area (Å²) in [5.41, 5.74) is 8.91. The molecule has 2 aromatic carbocycles. The van der Waals surface area contributed by atoms with Crippen molar-refractivity contribution < 1.29 is 18.0 Å². The Morgan fingerprint density at radius 3 is 2.47 bits per heavy atom. The molecule has 11 heteroatoms. The fourth-order valence-corrected chi connectivity index (χ4v) is 7.58. The van der Waals surface area contributed by atoms with Gasteiger partial charge in [0.2, 0.25) is 0 Å². The van der Waals surface area contributed by atoms with Crippen molar-refractivity contribution in [3.63, 3.8) is 0 Å². The van der Waals surface area contributed by atoms with Crippen molar-refractivity contribution in [1.82, 2.24) is 4.90 Å². The number of carbonyl (C=O) groups is 2. The summed E-state index contributed by atoms with van der Waals surface area (Å²) < 4.78 is 28.1. The van der Waals surface area contributed by atoms with E-state index in [4.69, 9.17) is 5.73 Å². The lowest BCUT2D eigenvalue weighted by Gasteiger charge is -2.30. The summed E-state index contributed by atoms with van der Waals surface area (Å²) >= 11 is 1.36. The summed E-state index contributed by atoms with van der Waals surface area (Å²) in [5.74, 6) is -0.989. The lowest BCUT2D eigenvalue weighted by atomic mass is 10.0. The molecule has 0 fully saturated rings. The van der Waals surface area contributed by atoms with E-state index in [0.717, 1.165) is 35.4 Å². The number of fused-ring (bicyclic) bond motifs is 2. The molecule has 0 atom stereocenters. The molecule has 3 heterocycles. The predicted octanol–water partition coefficient (Wildman–Crippen LogP) is 3.65. The van der Waals surface area contributed by atoms with Gasteiger partial charge in [0.1, 0.15) is 5.00 Å². The van der Waals surface area contributed by atoms with Gasteiger partial charge in [0, 0.05) is 30.1 Å². The number of carbonyl (C=O) groups excluding carboxylic acids is 2. The summed E-state index contributed by atoms with van der Waals surface area (Å²) in [5, 5.41) is 3.25. The molecule has 5 rings (SSSR count). The molecular formula is C25H27ClN4O4S2. The molecule has 0 unspecified atom stereocenters. The lowest BCUT2D eigenvalue weighted by Crippen LogP contribution is -2.35. The van der Waals surface area contributed by atoms with Gasteiger partial charge in [0.15, 0.2) is 0 Å². The number of aryl methyl sites for hydroxylation is 1. The van der Waals surface area contributed by atoms with Crippen LogP contribution in [-0.4, -0.2) is 45.3 Å². The standard InChI is InChI=1S/C25H26N4O4S2.ClH/c1-28-14-12-19-21(15-28)34-25(22(19)23(26)30)27-24(31)17-8-10-18(11-9-17)35(32,33)29-13-4-6-16-5-2-3-7-20(16)29;/h2-3,5,7-11H,4,6,12-15H2,1H3,(H2,26,30)(H,27,31);1H. The first kappa shape index (κ1) is 26.2. The van der Waals surface area contributed by atoms with Crippen LogP contribution in [-0.2, 0) is 29.4 Å². The summed E-state index contributed by atoms with van der Waals surface area (Å²) in [7, 11) is -1.76. The fraction of sp³-hybridized carbons (Fsp3) is 0.280. The summed E-state index contributed by atoms with van der Waals surface area (Å²) in [4.78, 5) is 28.4. The maximum absolute atomic E-state index is 13.4. The smallest absolute Gasteiger partial charge is 0.264 e. The topological polar surface area (TPSA) is 113 Å². The maximum atomic E-state index is 13.4. The van der Waals surface area contributed by atoms with Crippen LogP contribution in [0.1, 0.15) is 43.1 Å². The van der Waals surface area contributed by atoms with E-state index < -0.39 is 21.8 Å². The second kappa shape index (κ2) is 10.2. The van der Waals surface area contributed by atoms with E-state index in [2.05, 4.69) is 10.2 Å². The average Bonchev–Trinajstić information content (AvgIpc) is 3.20. The van der Waals surface area contributed by atoms with Gasteiger partial charge in [0.05, 0.1) is 16.1 Å². The maximum Gasteiger partial charge on any atom is 0.264 e. The number of rotatable bonds is 5. The van der Waals surface area contributed by atoms with Crippen LogP contribution in [0.3, 0.4) is 0 Å². The van der Waals surface area contributed by atoms with Crippen LogP contribution < -0.4 is 15.4 Å². The highest BCUT2D eigenvalue weighted by molar-refractivity contribution is 7.92. The zero-order chi connectivity index (χ0) is 24.7. The molecule has 0 aliphatic carbocycles. The van der Waals surface area contributed by atoms with E-state index in [9.17, 15) is 18.0 Å². The summed E-state index contributed by atoms with van der Waals surface area (Å²) in [6.07, 6.45) is 2.29. The third kappa shape index (κ3) is 4.73. The molecule has 2 aliphatic heterocycles. The third-order valence-electron chi connectivity index (χ3n) is 6.49. The first-order valence-corrected chi connectivity index (χ1v) is 13.7. The number of hydrogen-bond donors (Lipinski definition) is 2. The van der Waals surface area contributed by atoms with Gasteiger partial charge in [-0.15, -0.1) is 23.7 Å². The average molecular weight is 547 g/mol. The Balaban J connectivity index is 0.00000304. The Morgan fingerprint density at radius 1 is 1.03 bits per heavy atom. The Labute approximate surface area is 220 Å². The first-order chi connectivity index (χ1) is 16.8. The van der Waals surface area contributed by atoms with Gasteiger partial charge < -0.3 is 16.0 Å². The molecule has 8 nitrogen and oxygen atoms in total. The van der Waals surface area contributed by atoms with Gasteiger partial charge in [-0.1, -0.05) is 18.2 Å². The molecular weight excluding hydrogens is 520 g/mol. The molecule has 0 radical (unpaired) electrons. The number of para-hydroxylation sites is 1. The van der Waals surface area contributed by atoms with Gasteiger partial charge in [-0.25, -0.2) is 8.42 Å². The van der Waals surface area contributed by atoms with Gasteiger partial charge >= 0.3 is 0 Å². The Bertz CT molecular complexity index is 1420. The predicted molar refractivity (Wildman–Crippen MR) is 144 cm³/mol. The third-order valence-corrected chi connectivity index (χ3v) is 9.45. The van der Waals surface area contributed by atoms with E-state index in [0.29, 0.717) is 41.3 Å². The number of hydrogen-bond acceptors (Lipinski definition) is 6. The van der Waals surface area contributed by atoms with E-state index in [1.165, 1.54) is 39.9 Å². The second-order valence-corrected chi connectivity index (χ2v) is 11.8. The largest absolute Gasteiger partial charge is 0.365 e. The van der Waals surface area contributed by atoms with Crippen LogP contribution in [0.15, 0.2) is 53.4 Å². The number of nitrogens with zero attached hydrogens (tertiary/aromatic N) is 2. The van der Waals surface area contributed by atoms with Crippen LogP contribution in [0, 0.1) is 0 Å². The molecule has 2 aliphatic rings. The molecule has 0 bridgehead atoms. The number of primary amides is 1. The van der Waals surface area contributed by atoms with Crippen molar-refractivity contribution in [2.45, 2.75) is 30.7 Å². The van der Waals surface area contributed by atoms with Crippen LogP contribution >= 0.6 is 23.7 Å². The fourth-order valence-electron chi connectivity index (χ4n) is 4.71. The van der Waals surface area contributed by atoms with Gasteiger partial charge in [-0.2, -0.15) is 0 Å². The molecule has 36 heavy (non-hydrogen) atoms. The van der Waals surface area contributed by atoms with Crippen LogP contribution in [0.2, 0.25) is 0 Å². The summed E-state index contributed by atoms with van der Waals surface area (Å²) in [6.45, 7) is 1.92. The number of halogens is 1. The Hall–Kier alpha value is -2.92. The van der Waals surface area contributed by atoms with Gasteiger partial charge in [-0.05, 0) is 67.8 Å². The quantitative estimate of drug-likeness (QED) is 0.507. The van der Waals surface area contributed by atoms with Crippen molar-refractivity contribution >= 4 is 56.3 Å². The van der Waals surface area contributed by atoms with Crippen LogP contribution in [0.4, 0.5) is 10.7 Å². The zero-order valence-electron chi connectivity index (χ0n) is 19.7. The second-order valence-electron chi connectivity index (χ2n) is 8.85. The first-order valence-electron chi connectivity index (χ1n) is 11.4. The highest BCUT2D eigenvalue weighted by Crippen LogP contribution is 2.37. The highest BCUT2D eigenvalue weighted by Gasteiger charge is 2.30. The highest BCUT2D eigenvalue weighted by atomic mass is 35.5. The molecule has 2 amide bonds. The van der Waals surface area contributed by atoms with Crippen molar-refractivity contribution in [3.8, 4) is 0 Å². The van der Waals surface area contributed by atoms with E-state index >= 15 is 0 Å². The number of nitrogens with two attached hydrogens (primary N) is 1. The number of sulfonamides is 1. The van der Waals surface area contributed by atoms with E-state index in [-0.39, 0.29) is 17.3 Å². The number of likely N-dealkylation sites (N-methyl/N-ethyl adjacent to an activating group) is 1. The molecule has 3 aromatic rings. The Morgan fingerprint density at radius 2 is 1.75 bits per heavy atom. The normalized spacial score (nSPS) is 15.4. The van der Waals surface area contributed by atoms with E-state index in [1.807, 2.05) is 31.3 Å². The lowest BCUT2D eigenvalue weighted by molar-refractivity contribution is 0.1000. The van der Waals surface area contributed by atoms with Crippen molar-refractivity contribution in [2.75, 3.05) is 29.8 Å². The molecule has 1 aromatic heterocycles. The summed E-state index contributed by atoms with van der Waals surface area (Å²) in [6, 6.07) is 13.4. The van der Waals surface area contributed by atoms with E-state index in [1.54, 1.807) is 0 Å². The van der Waals surface area contributed by atoms with Crippen molar-refractivity contribution in [3.05, 3.63) is 75.7 Å². The molecule has 0 saturated heterocycles. The zero-order valence-corrected chi connectivity index (χ0v) is 22.1. The number of thiophene rings is 1. The molecule has 0 saturated carbocycles. The minimum Gasteiger partial charge on any atom is -0.365 e. The number of benzene rings is 2. The SMILES string of the molecule is CN1CCc2c(sc(NC(=O)c3ccc(S(=O)(=O)N4CCCc5ccccc54)cc3)c2C(N)=O)C1.Cl. The van der Waals surface area contributed by atoms with Crippen molar-refractivity contribution in [2.24, 2.45) is 5.73 Å². The van der Waals surface area contributed by atoms with Gasteiger partial charge in [-0.3, -0.25) is 13.9 Å². The number of amides is 2. The molecule has 3 N–H and O–H groups in total. The monoisotopic (exact) mass is 546 g/mol. The number of anilines is 2. The minimum atomic E-state index is -3.76. The molecule has 190 valence electrons. The molecule has 0 spiro atoms. The van der Waals surface area contributed by atoms with Crippen LogP contribution in [0.5, 0.6) is 0 Å². The van der Waals surface area contributed by atoms with Crippen LogP contribution in [0.25, 0.3) is 0 Å². The number of nitrogens with one attached hydrogen (secondary N) is 1. The minimum absolute atomic E-state index is 0. The Kier molecular flexibility index (Phi) is 7.42. The van der Waals surface area contributed by atoms with Gasteiger partial charge in [0.25, 0.3) is 21.8 Å².